The van der Waals surface area contributed by atoms with Crippen LogP contribution in [-0.2, 0) is 4.79 Å². The van der Waals surface area contributed by atoms with Crippen LogP contribution in [0.25, 0.3) is 10.2 Å². The second kappa shape index (κ2) is 7.15. The van der Waals surface area contributed by atoms with Crippen molar-refractivity contribution in [3.05, 3.63) is 53.4 Å². The van der Waals surface area contributed by atoms with Crippen LogP contribution in [0.3, 0.4) is 0 Å². The highest BCUT2D eigenvalue weighted by Crippen LogP contribution is 2.28. The van der Waals surface area contributed by atoms with Gasteiger partial charge >= 0.3 is 0 Å². The van der Waals surface area contributed by atoms with Crippen LogP contribution in [0, 0.1) is 0 Å². The largest absolute Gasteiger partial charge is 0.468 e. The van der Waals surface area contributed by atoms with Crippen molar-refractivity contribution in [1.29, 1.82) is 0 Å². The molecule has 2 heterocycles. The highest BCUT2D eigenvalue weighted by Gasteiger charge is 2.21. The Labute approximate surface area is 145 Å². The fourth-order valence-corrected chi connectivity index (χ4v) is 3.52. The first kappa shape index (κ1) is 16.7. The summed E-state index contributed by atoms with van der Waals surface area (Å²) in [6, 6.07) is 11.7. The molecule has 0 saturated carbocycles. The third kappa shape index (κ3) is 3.49. The Kier molecular flexibility index (Phi) is 4.97. The van der Waals surface area contributed by atoms with E-state index in [-0.39, 0.29) is 24.5 Å². The molecule has 0 saturated heterocycles. The molecule has 6 heteroatoms. The van der Waals surface area contributed by atoms with Crippen LogP contribution in [0.15, 0.2) is 47.1 Å². The smallest absolute Gasteiger partial charge is 0.236 e. The number of hydrogen-bond donors (Lipinski definition) is 1. The number of benzene rings is 1. The van der Waals surface area contributed by atoms with Crippen molar-refractivity contribution in [2.75, 3.05) is 13.6 Å². The van der Waals surface area contributed by atoms with Crippen LogP contribution in [0.5, 0.6) is 0 Å². The Hall–Kier alpha value is -2.18. The molecule has 0 aliphatic heterocycles. The monoisotopic (exact) mass is 343 g/mol. The minimum atomic E-state index is -0.0596. The Morgan fingerprint density at radius 1 is 1.29 bits per heavy atom. The number of fused-ring (bicyclic) bond motifs is 1. The van der Waals surface area contributed by atoms with E-state index in [4.69, 9.17) is 4.42 Å². The molecule has 0 fully saturated rings. The molecular formula is C18H21N3O2S. The van der Waals surface area contributed by atoms with E-state index in [9.17, 15) is 4.79 Å². The molecule has 2 atom stereocenters. The van der Waals surface area contributed by atoms with E-state index in [1.54, 1.807) is 22.5 Å². The van der Waals surface area contributed by atoms with E-state index < -0.39 is 0 Å². The van der Waals surface area contributed by atoms with Gasteiger partial charge in [0.05, 0.1) is 35.1 Å². The number of aromatic nitrogens is 1. The number of likely N-dealkylation sites (N-methyl/N-ethyl adjacent to an activating group) is 1. The maximum Gasteiger partial charge on any atom is 0.236 e. The van der Waals surface area contributed by atoms with E-state index in [0.717, 1.165) is 21.0 Å². The Bertz CT molecular complexity index is 780. The average molecular weight is 343 g/mol. The van der Waals surface area contributed by atoms with E-state index in [1.165, 1.54) is 0 Å². The van der Waals surface area contributed by atoms with Gasteiger partial charge in [0, 0.05) is 7.05 Å². The summed E-state index contributed by atoms with van der Waals surface area (Å²) in [7, 11) is 1.82. The second-order valence-electron chi connectivity index (χ2n) is 5.82. The number of furan rings is 1. The van der Waals surface area contributed by atoms with Gasteiger partial charge < -0.3 is 9.32 Å². The quantitative estimate of drug-likeness (QED) is 0.740. The second-order valence-corrected chi connectivity index (χ2v) is 6.88. The molecule has 0 radical (unpaired) electrons. The Morgan fingerprint density at radius 3 is 2.79 bits per heavy atom. The summed E-state index contributed by atoms with van der Waals surface area (Å²) in [5.74, 6) is 0.852. The lowest BCUT2D eigenvalue weighted by Gasteiger charge is -2.24. The predicted molar refractivity (Wildman–Crippen MR) is 95.9 cm³/mol. The molecule has 126 valence electrons. The fraction of sp³-hybridized carbons (Fsp3) is 0.333. The first-order valence-corrected chi connectivity index (χ1v) is 8.76. The zero-order valence-corrected chi connectivity index (χ0v) is 14.8. The third-order valence-corrected chi connectivity index (χ3v) is 5.38. The maximum atomic E-state index is 12.5. The van der Waals surface area contributed by atoms with Crippen molar-refractivity contribution >= 4 is 27.5 Å². The molecule has 3 aromatic rings. The van der Waals surface area contributed by atoms with Gasteiger partial charge in [-0.15, -0.1) is 11.3 Å². The minimum Gasteiger partial charge on any atom is -0.468 e. The van der Waals surface area contributed by atoms with Crippen LogP contribution >= 0.6 is 11.3 Å². The van der Waals surface area contributed by atoms with Crippen LogP contribution in [0.2, 0.25) is 0 Å². The zero-order chi connectivity index (χ0) is 17.1. The standard InChI is InChI=1S/C18H21N3O2S/c1-12(15-8-6-10-23-15)19-11-17(22)21(3)13(2)18-20-14-7-4-5-9-16(14)24-18/h4-10,12-13,19H,11H2,1-3H3/t12-,13-/m0/s1. The number of para-hydroxylation sites is 1. The van der Waals surface area contributed by atoms with Crippen molar-refractivity contribution in [2.24, 2.45) is 0 Å². The SMILES string of the molecule is C[C@H](NCC(=O)N(C)[C@@H](C)c1nc2ccccc2s1)c1ccco1. The van der Waals surface area contributed by atoms with Gasteiger partial charge in [-0.05, 0) is 38.1 Å². The van der Waals surface area contributed by atoms with Gasteiger partial charge in [-0.1, -0.05) is 12.1 Å². The molecule has 1 aromatic carbocycles. The van der Waals surface area contributed by atoms with Crippen molar-refractivity contribution in [3.63, 3.8) is 0 Å². The molecule has 24 heavy (non-hydrogen) atoms. The molecule has 0 bridgehead atoms. The van der Waals surface area contributed by atoms with Gasteiger partial charge in [0.1, 0.15) is 10.8 Å². The number of hydrogen-bond acceptors (Lipinski definition) is 5. The summed E-state index contributed by atoms with van der Waals surface area (Å²) in [4.78, 5) is 18.8. The first-order valence-electron chi connectivity index (χ1n) is 7.94. The lowest BCUT2D eigenvalue weighted by molar-refractivity contribution is -0.131. The van der Waals surface area contributed by atoms with Gasteiger partial charge in [-0.2, -0.15) is 0 Å². The number of amides is 1. The van der Waals surface area contributed by atoms with Crippen molar-refractivity contribution < 1.29 is 9.21 Å². The number of nitrogens with one attached hydrogen (secondary N) is 1. The Morgan fingerprint density at radius 2 is 2.08 bits per heavy atom. The number of rotatable bonds is 6. The minimum absolute atomic E-state index is 0.00453. The van der Waals surface area contributed by atoms with Gasteiger partial charge in [-0.3, -0.25) is 10.1 Å². The third-order valence-electron chi connectivity index (χ3n) is 4.17. The summed E-state index contributed by atoms with van der Waals surface area (Å²) in [5.41, 5.74) is 0.981. The molecule has 0 aliphatic carbocycles. The number of carbonyl (C=O) groups is 1. The van der Waals surface area contributed by atoms with Gasteiger partial charge in [0.25, 0.3) is 0 Å². The van der Waals surface area contributed by atoms with Gasteiger partial charge in [0.2, 0.25) is 5.91 Å². The lowest BCUT2D eigenvalue weighted by atomic mass is 10.2. The number of thiazole rings is 1. The van der Waals surface area contributed by atoms with Crippen LogP contribution in [0.1, 0.15) is 36.7 Å². The molecule has 3 rings (SSSR count). The Balaban J connectivity index is 1.62. The molecule has 0 spiro atoms. The number of carbonyl (C=O) groups excluding carboxylic acids is 1. The van der Waals surface area contributed by atoms with Crippen LogP contribution in [-0.4, -0.2) is 29.4 Å². The molecule has 2 aromatic heterocycles. The highest BCUT2D eigenvalue weighted by atomic mass is 32.1. The number of nitrogens with zero attached hydrogens (tertiary/aromatic N) is 2. The summed E-state index contributed by atoms with van der Waals surface area (Å²) >= 11 is 1.63. The summed E-state index contributed by atoms with van der Waals surface area (Å²) in [6.07, 6.45) is 1.64. The molecular weight excluding hydrogens is 322 g/mol. The maximum absolute atomic E-state index is 12.5. The van der Waals surface area contributed by atoms with Crippen molar-refractivity contribution in [2.45, 2.75) is 25.9 Å². The van der Waals surface area contributed by atoms with Crippen molar-refractivity contribution in [1.82, 2.24) is 15.2 Å². The highest BCUT2D eigenvalue weighted by molar-refractivity contribution is 7.18. The molecule has 5 nitrogen and oxygen atoms in total. The van der Waals surface area contributed by atoms with Crippen LogP contribution in [0.4, 0.5) is 0 Å². The van der Waals surface area contributed by atoms with Gasteiger partial charge in [0.15, 0.2) is 0 Å². The van der Waals surface area contributed by atoms with E-state index >= 15 is 0 Å². The zero-order valence-electron chi connectivity index (χ0n) is 14.0. The summed E-state index contributed by atoms with van der Waals surface area (Å²) in [6.45, 7) is 4.24. The van der Waals surface area contributed by atoms with Crippen LogP contribution < -0.4 is 5.32 Å². The van der Waals surface area contributed by atoms with Crippen molar-refractivity contribution in [3.8, 4) is 0 Å². The van der Waals surface area contributed by atoms with E-state index in [1.807, 2.05) is 51.2 Å². The normalized spacial score (nSPS) is 13.8. The molecule has 1 amide bonds. The topological polar surface area (TPSA) is 58.4 Å². The fourth-order valence-electron chi connectivity index (χ4n) is 2.45. The van der Waals surface area contributed by atoms with Gasteiger partial charge in [-0.25, -0.2) is 4.98 Å². The predicted octanol–water partition coefficient (Wildman–Crippen LogP) is 3.76. The summed E-state index contributed by atoms with van der Waals surface area (Å²) < 4.78 is 6.49. The first-order chi connectivity index (χ1) is 11.6. The molecule has 0 aliphatic rings. The summed E-state index contributed by atoms with van der Waals surface area (Å²) in [5, 5.41) is 4.15. The molecule has 0 unspecified atom stereocenters. The molecule has 1 N–H and O–H groups in total. The van der Waals surface area contributed by atoms with E-state index in [0.29, 0.717) is 0 Å². The lowest BCUT2D eigenvalue weighted by Crippen LogP contribution is -2.37. The average Bonchev–Trinajstić information content (AvgIpc) is 3.26. The van der Waals surface area contributed by atoms with E-state index in [2.05, 4.69) is 16.4 Å².